The zero-order valence-corrected chi connectivity index (χ0v) is 13.5. The normalized spacial score (nSPS) is 20.9. The van der Waals surface area contributed by atoms with Crippen molar-refractivity contribution in [2.75, 3.05) is 0 Å². The summed E-state index contributed by atoms with van der Waals surface area (Å²) in [6, 6.07) is 0. The molecule has 0 saturated heterocycles. The minimum absolute atomic E-state index is 0.195. The third-order valence-electron chi connectivity index (χ3n) is 3.67. The van der Waals surface area contributed by atoms with Gasteiger partial charge in [0.15, 0.2) is 0 Å². The Morgan fingerprint density at radius 1 is 0.933 bits per heavy atom. The molecule has 0 unspecified atom stereocenters. The zero-order valence-electron chi connectivity index (χ0n) is 10.8. The molecule has 0 aliphatic carbocycles. The predicted molar refractivity (Wildman–Crippen MR) is 79.3 cm³/mol. The van der Waals surface area contributed by atoms with E-state index in [-0.39, 0.29) is 10.7 Å². The van der Waals surface area contributed by atoms with Crippen molar-refractivity contribution < 1.29 is 0 Å². The molecule has 0 saturated carbocycles. The summed E-state index contributed by atoms with van der Waals surface area (Å²) in [6.07, 6.45) is 6.91. The number of rotatable bonds is 2. The maximum Gasteiger partial charge on any atom is 0.280 e. The molecule has 1 rings (SSSR count). The fourth-order valence-electron chi connectivity index (χ4n) is 3.07. The molecule has 0 atom stereocenters. The molecule has 1 heterocycles. The average molecular weight is 257 g/mol. The molecular formula is C11H22BClSi2. The van der Waals surface area contributed by atoms with Crippen molar-refractivity contribution in [3.8, 4) is 0 Å². The van der Waals surface area contributed by atoms with Crippen LogP contribution < -0.4 is 0 Å². The lowest BCUT2D eigenvalue weighted by Crippen LogP contribution is -2.59. The zero-order chi connectivity index (χ0) is 11.9. The van der Waals surface area contributed by atoms with Gasteiger partial charge in [-0.3, -0.25) is 0 Å². The summed E-state index contributed by atoms with van der Waals surface area (Å²) in [5.41, 5.74) is 0. The molecule has 0 bridgehead atoms. The van der Waals surface area contributed by atoms with E-state index in [1.54, 1.807) is 0 Å². The van der Waals surface area contributed by atoms with Gasteiger partial charge in [0.2, 0.25) is 0 Å². The van der Waals surface area contributed by atoms with Crippen LogP contribution in [0.15, 0.2) is 24.2 Å². The first-order valence-corrected chi connectivity index (χ1v) is 13.1. The van der Waals surface area contributed by atoms with E-state index in [1.807, 2.05) is 0 Å². The Hall–Kier alpha value is 0.269. The van der Waals surface area contributed by atoms with E-state index in [1.165, 1.54) is 0 Å². The van der Waals surface area contributed by atoms with E-state index in [0.717, 1.165) is 0 Å². The third-order valence-corrected chi connectivity index (χ3v) is 14.9. The molecule has 0 aromatic carbocycles. The smallest absolute Gasteiger partial charge is 0.189 e. The Morgan fingerprint density at radius 3 is 1.67 bits per heavy atom. The predicted octanol–water partition coefficient (Wildman–Crippen LogP) is 4.38. The summed E-state index contributed by atoms with van der Waals surface area (Å²) in [4.78, 5) is 0. The van der Waals surface area contributed by atoms with Gasteiger partial charge >= 0.3 is 0 Å². The first-order chi connectivity index (χ1) is 6.63. The number of allylic oxidation sites excluding steroid dienone is 3. The Morgan fingerprint density at radius 2 is 1.40 bits per heavy atom. The van der Waals surface area contributed by atoms with E-state index in [9.17, 15) is 0 Å². The Kier molecular flexibility index (Phi) is 3.50. The van der Waals surface area contributed by atoms with Gasteiger partial charge < -0.3 is 0 Å². The standard InChI is InChI=1S/C11H22BClSi2/c1-14(2,3)11(15(4,5)6)9-7-8-10-12(11)13/h7-10H,1-6H3. The maximum atomic E-state index is 6.64. The molecule has 84 valence electrons. The quantitative estimate of drug-likeness (QED) is 0.644. The Labute approximate surface area is 102 Å². The molecule has 0 fully saturated rings. The van der Waals surface area contributed by atoms with Crippen LogP contribution in [0, 0.1) is 0 Å². The van der Waals surface area contributed by atoms with Gasteiger partial charge in [-0.1, -0.05) is 63.5 Å². The lowest BCUT2D eigenvalue weighted by Gasteiger charge is -2.52. The molecule has 0 aromatic heterocycles. The summed E-state index contributed by atoms with van der Waals surface area (Å²) in [5, 5.41) is 0. The lowest BCUT2D eigenvalue weighted by atomic mass is 9.68. The van der Waals surface area contributed by atoms with Crippen LogP contribution in [0.1, 0.15) is 0 Å². The van der Waals surface area contributed by atoms with Crippen LogP contribution in [0.2, 0.25) is 43.8 Å². The van der Waals surface area contributed by atoms with Crippen LogP contribution in [0.25, 0.3) is 0 Å². The second-order valence-corrected chi connectivity index (χ2v) is 18.1. The first kappa shape index (κ1) is 13.3. The summed E-state index contributed by atoms with van der Waals surface area (Å²) in [7, 11) is -2.63. The van der Waals surface area contributed by atoms with Crippen molar-refractivity contribution >= 4 is 33.7 Å². The second-order valence-electron chi connectivity index (χ2n) is 6.51. The van der Waals surface area contributed by atoms with Gasteiger partial charge in [-0.25, -0.2) is 0 Å². The molecule has 1 aliphatic rings. The SMILES string of the molecule is C[Si](C)(C)C1([Si](C)(C)C)C=CC=CB1Cl. The monoisotopic (exact) mass is 256 g/mol. The van der Waals surface area contributed by atoms with Crippen LogP contribution >= 0.6 is 11.5 Å². The molecule has 0 spiro atoms. The summed E-state index contributed by atoms with van der Waals surface area (Å²) in [6.45, 7) is 14.7. The highest BCUT2D eigenvalue weighted by molar-refractivity contribution is 7.27. The minimum atomic E-state index is -1.31. The van der Waals surface area contributed by atoms with Crippen LogP contribution in [-0.4, -0.2) is 22.3 Å². The van der Waals surface area contributed by atoms with Gasteiger partial charge in [0.05, 0.1) is 0 Å². The van der Waals surface area contributed by atoms with Crippen molar-refractivity contribution in [3.63, 3.8) is 0 Å². The summed E-state index contributed by atoms with van der Waals surface area (Å²) in [5.74, 6) is 2.18. The van der Waals surface area contributed by atoms with Gasteiger partial charge in [-0.2, -0.15) is 11.5 Å². The van der Waals surface area contributed by atoms with Gasteiger partial charge in [-0.15, -0.1) is 0 Å². The van der Waals surface area contributed by atoms with Crippen LogP contribution in [0.5, 0.6) is 0 Å². The van der Waals surface area contributed by atoms with Crippen LogP contribution in [0.4, 0.5) is 0 Å². The van der Waals surface area contributed by atoms with E-state index in [0.29, 0.717) is 0 Å². The van der Waals surface area contributed by atoms with E-state index < -0.39 is 16.1 Å². The minimum Gasteiger partial charge on any atom is -0.189 e. The second kappa shape index (κ2) is 3.93. The van der Waals surface area contributed by atoms with E-state index >= 15 is 0 Å². The topological polar surface area (TPSA) is 0 Å². The van der Waals surface area contributed by atoms with E-state index in [4.69, 9.17) is 11.5 Å². The molecule has 0 N–H and O–H groups in total. The highest BCUT2D eigenvalue weighted by Crippen LogP contribution is 2.52. The van der Waals surface area contributed by atoms with Crippen molar-refractivity contribution in [1.82, 2.24) is 0 Å². The fraction of sp³-hybridized carbons (Fsp3) is 0.636. The third kappa shape index (κ3) is 2.06. The van der Waals surface area contributed by atoms with Crippen molar-refractivity contribution in [2.45, 2.75) is 43.8 Å². The molecule has 0 radical (unpaired) electrons. The number of halogens is 1. The Bertz CT molecular complexity index is 283. The highest BCUT2D eigenvalue weighted by atomic mass is 35.5. The van der Waals surface area contributed by atoms with Crippen molar-refractivity contribution in [3.05, 3.63) is 24.2 Å². The van der Waals surface area contributed by atoms with Crippen molar-refractivity contribution in [2.24, 2.45) is 0 Å². The largest absolute Gasteiger partial charge is 0.280 e. The lowest BCUT2D eigenvalue weighted by molar-refractivity contribution is 1.17. The van der Waals surface area contributed by atoms with Gasteiger partial charge in [0.25, 0.3) is 6.13 Å². The maximum absolute atomic E-state index is 6.64. The van der Waals surface area contributed by atoms with Crippen molar-refractivity contribution in [1.29, 1.82) is 0 Å². The number of hydrogen-bond acceptors (Lipinski definition) is 0. The van der Waals surface area contributed by atoms with E-state index in [2.05, 4.69) is 63.5 Å². The Balaban J connectivity index is 3.32. The molecule has 15 heavy (non-hydrogen) atoms. The molecule has 0 aromatic rings. The van der Waals surface area contributed by atoms with Gasteiger partial charge in [0, 0.05) is 16.1 Å². The average Bonchev–Trinajstić information content (AvgIpc) is 2.00. The summed E-state index contributed by atoms with van der Waals surface area (Å²) < 4.78 is 0.288. The molecule has 0 amide bonds. The molecular weight excluding hydrogens is 235 g/mol. The van der Waals surface area contributed by atoms with Gasteiger partial charge in [-0.05, 0) is 4.56 Å². The first-order valence-electron chi connectivity index (χ1n) is 5.63. The molecule has 0 nitrogen and oxygen atoms in total. The summed E-state index contributed by atoms with van der Waals surface area (Å²) >= 11 is 6.64. The van der Waals surface area contributed by atoms with Gasteiger partial charge in [0.1, 0.15) is 0 Å². The fourth-order valence-corrected chi connectivity index (χ4v) is 17.2. The molecule has 4 heteroatoms. The highest BCUT2D eigenvalue weighted by Gasteiger charge is 2.56. The van der Waals surface area contributed by atoms with Crippen LogP contribution in [0.3, 0.4) is 0 Å². The number of hydrogen-bond donors (Lipinski definition) is 0. The molecule has 1 aliphatic heterocycles. The van der Waals surface area contributed by atoms with Crippen LogP contribution in [-0.2, 0) is 0 Å².